The number of anilines is 2. The average molecular weight is 523 g/mol. The Balaban J connectivity index is 1.52. The van der Waals surface area contributed by atoms with Gasteiger partial charge in [0.1, 0.15) is 24.1 Å². The van der Waals surface area contributed by atoms with Gasteiger partial charge in [0.05, 0.1) is 16.8 Å². The van der Waals surface area contributed by atoms with Gasteiger partial charge in [-0.15, -0.1) is 0 Å². The topological polar surface area (TPSA) is 99.1 Å². The molecule has 1 amide bonds. The molecule has 1 aromatic carbocycles. The third kappa shape index (κ3) is 5.23. The molecular formula is C28H29F3N6O. The van der Waals surface area contributed by atoms with Crippen LogP contribution in [0.5, 0.6) is 0 Å². The first-order valence-corrected chi connectivity index (χ1v) is 12.9. The van der Waals surface area contributed by atoms with E-state index in [1.807, 2.05) is 42.2 Å². The number of nitrogens with two attached hydrogens (primary N) is 1. The number of fused-ring (bicyclic) bond motifs is 1. The zero-order valence-electron chi connectivity index (χ0n) is 21.1. The number of pyridine rings is 2. The molecular weight excluding hydrogens is 493 g/mol. The Morgan fingerprint density at radius 2 is 1.95 bits per heavy atom. The summed E-state index contributed by atoms with van der Waals surface area (Å²) in [4.78, 5) is 25.2. The molecule has 2 aromatic heterocycles. The Hall–Kier alpha value is -3.87. The lowest BCUT2D eigenvalue weighted by Gasteiger charge is -2.42. The van der Waals surface area contributed by atoms with Crippen LogP contribution in [0, 0.1) is 11.3 Å². The van der Waals surface area contributed by atoms with Crippen LogP contribution in [0.2, 0.25) is 0 Å². The second-order valence-corrected chi connectivity index (χ2v) is 10.1. The van der Waals surface area contributed by atoms with Crippen molar-refractivity contribution in [1.82, 2.24) is 14.9 Å². The van der Waals surface area contributed by atoms with Gasteiger partial charge in [-0.05, 0) is 49.1 Å². The fraction of sp³-hybridized carbons (Fsp3) is 0.429. The maximum Gasteiger partial charge on any atom is 0.397 e. The number of amides is 1. The van der Waals surface area contributed by atoms with Gasteiger partial charge in [0.25, 0.3) is 0 Å². The largest absolute Gasteiger partial charge is 0.397 e. The zero-order valence-corrected chi connectivity index (χ0v) is 21.1. The van der Waals surface area contributed by atoms with Crippen LogP contribution in [0.15, 0.2) is 36.4 Å². The van der Waals surface area contributed by atoms with Gasteiger partial charge in [-0.3, -0.25) is 4.79 Å². The number of nitriles is 1. The van der Waals surface area contributed by atoms with E-state index in [0.29, 0.717) is 36.7 Å². The molecule has 10 heteroatoms. The number of nitrogens with zero attached hydrogens (tertiary/aromatic N) is 5. The van der Waals surface area contributed by atoms with E-state index in [4.69, 9.17) is 10.7 Å². The first-order chi connectivity index (χ1) is 18.2. The van der Waals surface area contributed by atoms with E-state index in [1.54, 1.807) is 6.07 Å². The molecule has 2 fully saturated rings. The second kappa shape index (κ2) is 10.1. The van der Waals surface area contributed by atoms with Crippen molar-refractivity contribution in [2.75, 3.05) is 30.3 Å². The number of piperazine rings is 1. The third-order valence-corrected chi connectivity index (χ3v) is 7.24. The van der Waals surface area contributed by atoms with Gasteiger partial charge >= 0.3 is 6.18 Å². The Kier molecular flexibility index (Phi) is 6.86. The summed E-state index contributed by atoms with van der Waals surface area (Å²) < 4.78 is 38.8. The van der Waals surface area contributed by atoms with Crippen LogP contribution in [-0.4, -0.2) is 52.6 Å². The highest BCUT2D eigenvalue weighted by molar-refractivity contribution is 5.96. The van der Waals surface area contributed by atoms with E-state index in [-0.39, 0.29) is 18.5 Å². The highest BCUT2D eigenvalue weighted by Gasteiger charge is 2.38. The van der Waals surface area contributed by atoms with Crippen LogP contribution in [0.3, 0.4) is 0 Å². The van der Waals surface area contributed by atoms with E-state index >= 15 is 0 Å². The van der Waals surface area contributed by atoms with Crippen LogP contribution in [-0.2, 0) is 4.79 Å². The number of rotatable bonds is 6. The molecule has 3 aromatic rings. The maximum absolute atomic E-state index is 12.9. The van der Waals surface area contributed by atoms with Gasteiger partial charge in [-0.2, -0.15) is 18.4 Å². The molecule has 0 radical (unpaired) electrons. The van der Waals surface area contributed by atoms with E-state index in [1.165, 1.54) is 4.90 Å². The number of halogens is 3. The molecule has 1 aliphatic carbocycles. The van der Waals surface area contributed by atoms with E-state index < -0.39 is 18.5 Å². The van der Waals surface area contributed by atoms with Gasteiger partial charge in [-0.25, -0.2) is 9.97 Å². The van der Waals surface area contributed by atoms with E-state index in [9.17, 15) is 23.2 Å². The summed E-state index contributed by atoms with van der Waals surface area (Å²) in [6.45, 7) is 2.74. The second-order valence-electron chi connectivity index (χ2n) is 10.1. The van der Waals surface area contributed by atoms with E-state index in [0.717, 1.165) is 47.0 Å². The van der Waals surface area contributed by atoms with Crippen molar-refractivity contribution in [3.63, 3.8) is 0 Å². The Labute approximate surface area is 219 Å². The molecule has 7 nitrogen and oxygen atoms in total. The normalized spacial score (nSPS) is 18.0. The van der Waals surface area contributed by atoms with E-state index in [2.05, 4.69) is 11.1 Å². The number of aromatic nitrogens is 2. The summed E-state index contributed by atoms with van der Waals surface area (Å²) in [5.74, 6) is 0.334. The Bertz CT molecular complexity index is 1410. The van der Waals surface area contributed by atoms with Gasteiger partial charge < -0.3 is 15.5 Å². The lowest BCUT2D eigenvalue weighted by molar-refractivity contribution is -0.163. The third-order valence-electron chi connectivity index (χ3n) is 7.24. The van der Waals surface area contributed by atoms with Crippen molar-refractivity contribution in [2.24, 2.45) is 0 Å². The summed E-state index contributed by atoms with van der Waals surface area (Å²) in [5, 5.41) is 11.0. The summed E-state index contributed by atoms with van der Waals surface area (Å²) in [5.41, 5.74) is 9.77. The number of benzene rings is 1. The molecule has 0 spiro atoms. The Morgan fingerprint density at radius 3 is 2.63 bits per heavy atom. The molecule has 38 heavy (non-hydrogen) atoms. The molecule has 3 heterocycles. The standard InChI is InChI=1S/C28H29F3N6O/c1-2-4-19-16-36(11-12-37(19)25(38)14-28(29,30)31)27-18(15-32)13-22(26(35-27)17-7-8-17)20-5-3-6-23-21(20)9-10-24(33)34-23/h3,5-6,9-10,13,17,19H,2,4,7-8,11-12,14,16H2,1H3,(H2,33,34)/t19-/m1/s1. The predicted octanol–water partition coefficient (Wildman–Crippen LogP) is 5.40. The quantitative estimate of drug-likeness (QED) is 0.466. The zero-order chi connectivity index (χ0) is 27.0. The minimum atomic E-state index is -4.54. The van der Waals surface area contributed by atoms with Crippen LogP contribution in [0.25, 0.3) is 22.0 Å². The summed E-state index contributed by atoms with van der Waals surface area (Å²) in [7, 11) is 0. The molecule has 1 aliphatic heterocycles. The van der Waals surface area contributed by atoms with Crippen LogP contribution in [0.1, 0.15) is 56.2 Å². The number of nitrogen functional groups attached to an aromatic ring is 1. The number of carbonyl (C=O) groups excluding carboxylic acids is 1. The van der Waals surface area contributed by atoms with Crippen molar-refractivity contribution >= 4 is 28.4 Å². The first-order valence-electron chi connectivity index (χ1n) is 12.9. The molecule has 5 rings (SSSR count). The fourth-order valence-electron chi connectivity index (χ4n) is 5.36. The number of hydrogen-bond acceptors (Lipinski definition) is 6. The maximum atomic E-state index is 12.9. The molecule has 1 saturated heterocycles. The summed E-state index contributed by atoms with van der Waals surface area (Å²) >= 11 is 0. The van der Waals surface area contributed by atoms with Crippen molar-refractivity contribution in [2.45, 2.75) is 57.2 Å². The SMILES string of the molecule is CCC[C@@H]1CN(c2nc(C3CC3)c(-c3cccc4nc(N)ccc34)cc2C#N)CCN1C(=O)CC(F)(F)F. The van der Waals surface area contributed by atoms with Crippen molar-refractivity contribution in [3.8, 4) is 17.2 Å². The minimum absolute atomic E-state index is 0.156. The van der Waals surface area contributed by atoms with Crippen molar-refractivity contribution in [1.29, 1.82) is 5.26 Å². The van der Waals surface area contributed by atoms with Gasteiger partial charge in [-0.1, -0.05) is 25.5 Å². The molecule has 198 valence electrons. The molecule has 1 atom stereocenters. The number of carbonyl (C=O) groups is 1. The molecule has 2 aliphatic rings. The van der Waals surface area contributed by atoms with Gasteiger partial charge in [0, 0.05) is 42.5 Å². The lowest BCUT2D eigenvalue weighted by atomic mass is 9.95. The lowest BCUT2D eigenvalue weighted by Crippen LogP contribution is -2.56. The van der Waals surface area contributed by atoms with Crippen molar-refractivity contribution in [3.05, 3.63) is 47.7 Å². The minimum Gasteiger partial charge on any atom is -0.384 e. The average Bonchev–Trinajstić information content (AvgIpc) is 3.72. The molecule has 0 bridgehead atoms. The molecule has 2 N–H and O–H groups in total. The predicted molar refractivity (Wildman–Crippen MR) is 139 cm³/mol. The molecule has 1 saturated carbocycles. The van der Waals surface area contributed by atoms with Crippen molar-refractivity contribution < 1.29 is 18.0 Å². The number of alkyl halides is 3. The smallest absolute Gasteiger partial charge is 0.384 e. The number of hydrogen-bond donors (Lipinski definition) is 1. The Morgan fingerprint density at radius 1 is 1.16 bits per heavy atom. The van der Waals surface area contributed by atoms with Crippen LogP contribution < -0.4 is 10.6 Å². The first kappa shape index (κ1) is 25.8. The van der Waals surface area contributed by atoms with Gasteiger partial charge in [0.15, 0.2) is 0 Å². The van der Waals surface area contributed by atoms with Gasteiger partial charge in [0.2, 0.25) is 5.91 Å². The summed E-state index contributed by atoms with van der Waals surface area (Å²) in [6, 6.07) is 13.3. The van der Waals surface area contributed by atoms with Crippen LogP contribution in [0.4, 0.5) is 24.8 Å². The highest BCUT2D eigenvalue weighted by atomic mass is 19.4. The molecule has 0 unspecified atom stereocenters. The summed E-state index contributed by atoms with van der Waals surface area (Å²) in [6.07, 6.45) is -2.71. The van der Waals surface area contributed by atoms with Crippen LogP contribution >= 0.6 is 0 Å². The highest BCUT2D eigenvalue weighted by Crippen LogP contribution is 2.46. The monoisotopic (exact) mass is 522 g/mol. The fourth-order valence-corrected chi connectivity index (χ4v) is 5.36.